The molecule has 5 nitrogen and oxygen atoms in total. The van der Waals surface area contributed by atoms with Crippen LogP contribution in [0.15, 0.2) is 83.3 Å². The Kier molecular flexibility index (Phi) is 6.90. The number of hydrogen-bond acceptors (Lipinski definition) is 5. The number of benzene rings is 3. The maximum Gasteiger partial charge on any atom is 0.317 e. The Hall–Kier alpha value is -3.86. The van der Waals surface area contributed by atoms with E-state index >= 15 is 0 Å². The number of rotatable bonds is 9. The highest BCUT2D eigenvalue weighted by atomic mass is 16.5. The van der Waals surface area contributed by atoms with E-state index < -0.39 is 0 Å². The number of esters is 1. The van der Waals surface area contributed by atoms with Gasteiger partial charge in [0.05, 0.1) is 17.7 Å². The summed E-state index contributed by atoms with van der Waals surface area (Å²) in [5, 5.41) is 0. The van der Waals surface area contributed by atoms with E-state index in [0.717, 1.165) is 59.6 Å². The SMILES string of the molecule is CCC1(C(=O)Oc2cccc(-c3cccc(OCCc4nc(-c5ccccc5)oc4C)c3)c2)CCC1. The first kappa shape index (κ1) is 23.9. The van der Waals surface area contributed by atoms with Gasteiger partial charge in [0.25, 0.3) is 0 Å². The number of carbonyl (C=O) groups excluding carboxylic acids is 1. The fraction of sp³-hybridized carbons (Fsp3) is 0.290. The van der Waals surface area contributed by atoms with Gasteiger partial charge in [0.2, 0.25) is 5.89 Å². The lowest BCUT2D eigenvalue weighted by atomic mass is 9.67. The summed E-state index contributed by atoms with van der Waals surface area (Å²) < 4.78 is 17.7. The predicted octanol–water partition coefficient (Wildman–Crippen LogP) is 7.42. The van der Waals surface area contributed by atoms with Gasteiger partial charge in [-0.15, -0.1) is 0 Å². The molecule has 0 unspecified atom stereocenters. The zero-order valence-electron chi connectivity index (χ0n) is 20.8. The first-order valence-corrected chi connectivity index (χ1v) is 12.6. The molecule has 0 radical (unpaired) electrons. The summed E-state index contributed by atoms with van der Waals surface area (Å²) in [7, 11) is 0. The van der Waals surface area contributed by atoms with Gasteiger partial charge in [-0.2, -0.15) is 0 Å². The normalized spacial score (nSPS) is 14.2. The van der Waals surface area contributed by atoms with Crippen LogP contribution in [0.3, 0.4) is 0 Å². The third-order valence-electron chi connectivity index (χ3n) is 7.15. The molecular formula is C31H31NO4. The fourth-order valence-electron chi connectivity index (χ4n) is 4.66. The second kappa shape index (κ2) is 10.4. The molecule has 5 rings (SSSR count). The zero-order chi connectivity index (χ0) is 25.0. The number of aromatic nitrogens is 1. The summed E-state index contributed by atoms with van der Waals surface area (Å²) >= 11 is 0. The Morgan fingerprint density at radius 3 is 2.25 bits per heavy atom. The van der Waals surface area contributed by atoms with Crippen LogP contribution in [0.5, 0.6) is 11.5 Å². The summed E-state index contributed by atoms with van der Waals surface area (Å²) in [5.74, 6) is 2.69. The Morgan fingerprint density at radius 1 is 0.917 bits per heavy atom. The van der Waals surface area contributed by atoms with E-state index in [1.54, 1.807) is 0 Å². The molecule has 0 saturated heterocycles. The van der Waals surface area contributed by atoms with Crippen molar-refractivity contribution in [1.29, 1.82) is 0 Å². The molecule has 1 heterocycles. The summed E-state index contributed by atoms with van der Waals surface area (Å²) in [6.07, 6.45) is 4.41. The second-order valence-electron chi connectivity index (χ2n) is 9.42. The van der Waals surface area contributed by atoms with Gasteiger partial charge in [-0.05, 0) is 73.7 Å². The number of hydrogen-bond donors (Lipinski definition) is 0. The zero-order valence-corrected chi connectivity index (χ0v) is 20.8. The van der Waals surface area contributed by atoms with Crippen LogP contribution in [0.1, 0.15) is 44.1 Å². The molecule has 1 fully saturated rings. The third-order valence-corrected chi connectivity index (χ3v) is 7.15. The monoisotopic (exact) mass is 481 g/mol. The van der Waals surface area contributed by atoms with Gasteiger partial charge in [0.15, 0.2) is 0 Å². The number of ether oxygens (including phenoxy) is 2. The van der Waals surface area contributed by atoms with Crippen molar-refractivity contribution < 1.29 is 18.7 Å². The molecule has 184 valence electrons. The maximum absolute atomic E-state index is 12.7. The topological polar surface area (TPSA) is 61.6 Å². The fourth-order valence-corrected chi connectivity index (χ4v) is 4.66. The Bertz CT molecular complexity index is 1330. The van der Waals surface area contributed by atoms with Crippen LogP contribution in [-0.2, 0) is 11.2 Å². The molecule has 3 aromatic carbocycles. The van der Waals surface area contributed by atoms with Gasteiger partial charge in [0.1, 0.15) is 17.3 Å². The van der Waals surface area contributed by atoms with Crippen molar-refractivity contribution in [3.63, 3.8) is 0 Å². The average Bonchev–Trinajstić information content (AvgIpc) is 3.25. The molecule has 0 aliphatic heterocycles. The van der Waals surface area contributed by atoms with Crippen LogP contribution in [0.25, 0.3) is 22.6 Å². The lowest BCUT2D eigenvalue weighted by Gasteiger charge is -2.38. The van der Waals surface area contributed by atoms with E-state index in [1.165, 1.54) is 0 Å². The van der Waals surface area contributed by atoms with Crippen LogP contribution in [0.4, 0.5) is 0 Å². The van der Waals surface area contributed by atoms with Crippen molar-refractivity contribution in [2.45, 2.75) is 46.0 Å². The van der Waals surface area contributed by atoms with Crippen LogP contribution in [0.2, 0.25) is 0 Å². The van der Waals surface area contributed by atoms with Crippen molar-refractivity contribution >= 4 is 5.97 Å². The van der Waals surface area contributed by atoms with Crippen molar-refractivity contribution in [3.8, 4) is 34.1 Å². The van der Waals surface area contributed by atoms with Crippen molar-refractivity contribution in [3.05, 3.63) is 90.3 Å². The lowest BCUT2D eigenvalue weighted by molar-refractivity contribution is -0.151. The first-order chi connectivity index (χ1) is 17.6. The predicted molar refractivity (Wildman–Crippen MR) is 140 cm³/mol. The van der Waals surface area contributed by atoms with Gasteiger partial charge in [-0.3, -0.25) is 4.79 Å². The Labute approximate surface area is 212 Å². The molecule has 5 heteroatoms. The molecule has 1 aliphatic rings. The molecule has 0 amide bonds. The van der Waals surface area contributed by atoms with Crippen LogP contribution in [0, 0.1) is 12.3 Å². The number of nitrogens with zero attached hydrogens (tertiary/aromatic N) is 1. The van der Waals surface area contributed by atoms with Crippen molar-refractivity contribution in [2.75, 3.05) is 6.61 Å². The molecule has 4 aromatic rings. The van der Waals surface area contributed by atoms with E-state index in [1.807, 2.05) is 85.8 Å². The molecular weight excluding hydrogens is 450 g/mol. The van der Waals surface area contributed by atoms with Crippen LogP contribution in [-0.4, -0.2) is 17.6 Å². The van der Waals surface area contributed by atoms with Crippen molar-refractivity contribution in [2.24, 2.45) is 5.41 Å². The average molecular weight is 482 g/mol. The highest BCUT2D eigenvalue weighted by Crippen LogP contribution is 2.45. The minimum atomic E-state index is -0.298. The first-order valence-electron chi connectivity index (χ1n) is 12.6. The largest absolute Gasteiger partial charge is 0.493 e. The number of aryl methyl sites for hydroxylation is 1. The Balaban J connectivity index is 1.22. The molecule has 0 spiro atoms. The smallest absolute Gasteiger partial charge is 0.317 e. The molecule has 0 N–H and O–H groups in total. The van der Waals surface area contributed by atoms with Gasteiger partial charge in [-0.1, -0.05) is 55.8 Å². The highest BCUT2D eigenvalue weighted by Gasteiger charge is 2.44. The summed E-state index contributed by atoms with van der Waals surface area (Å²) in [4.78, 5) is 17.4. The van der Waals surface area contributed by atoms with E-state index in [-0.39, 0.29) is 11.4 Å². The van der Waals surface area contributed by atoms with Crippen molar-refractivity contribution in [1.82, 2.24) is 4.98 Å². The molecule has 1 aliphatic carbocycles. The summed E-state index contributed by atoms with van der Waals surface area (Å²) in [6.45, 7) is 4.48. The Morgan fingerprint density at radius 2 is 1.58 bits per heavy atom. The quantitative estimate of drug-likeness (QED) is 0.184. The molecule has 1 aromatic heterocycles. The summed E-state index contributed by atoms with van der Waals surface area (Å²) in [5.41, 5.74) is 3.54. The maximum atomic E-state index is 12.7. The molecule has 1 saturated carbocycles. The lowest BCUT2D eigenvalue weighted by Crippen LogP contribution is -2.40. The van der Waals surface area contributed by atoms with E-state index in [9.17, 15) is 4.79 Å². The minimum Gasteiger partial charge on any atom is -0.493 e. The minimum absolute atomic E-state index is 0.107. The van der Waals surface area contributed by atoms with Gasteiger partial charge < -0.3 is 13.9 Å². The highest BCUT2D eigenvalue weighted by molar-refractivity contribution is 5.80. The van der Waals surface area contributed by atoms with E-state index in [4.69, 9.17) is 13.9 Å². The number of oxazole rings is 1. The van der Waals surface area contributed by atoms with Crippen LogP contribution < -0.4 is 9.47 Å². The molecule has 36 heavy (non-hydrogen) atoms. The number of carbonyl (C=O) groups is 1. The van der Waals surface area contributed by atoms with Gasteiger partial charge in [0, 0.05) is 12.0 Å². The second-order valence-corrected chi connectivity index (χ2v) is 9.42. The molecule has 0 atom stereocenters. The summed E-state index contributed by atoms with van der Waals surface area (Å²) in [6, 6.07) is 25.5. The molecule has 0 bridgehead atoms. The van der Waals surface area contributed by atoms with E-state index in [0.29, 0.717) is 24.7 Å². The third kappa shape index (κ3) is 5.06. The standard InChI is InChI=1S/C31H31NO4/c1-3-31(17-9-18-31)30(33)36-27-15-8-13-25(21-27)24-12-7-14-26(20-24)34-19-16-28-22(2)35-29(32-28)23-10-5-4-6-11-23/h4-8,10-15,20-21H,3,9,16-19H2,1-2H3. The van der Waals surface area contributed by atoms with Gasteiger partial charge >= 0.3 is 5.97 Å². The van der Waals surface area contributed by atoms with Crippen LogP contribution >= 0.6 is 0 Å². The van der Waals surface area contributed by atoms with Gasteiger partial charge in [-0.25, -0.2) is 4.98 Å². The van der Waals surface area contributed by atoms with E-state index in [2.05, 4.69) is 11.9 Å².